The van der Waals surface area contributed by atoms with E-state index in [1.54, 1.807) is 6.07 Å². The number of nitrogens with one attached hydrogen (secondary N) is 1. The largest absolute Gasteiger partial charge is 0.325 e. The van der Waals surface area contributed by atoms with Crippen molar-refractivity contribution in [3.8, 4) is 11.3 Å². The number of nitrogens with zero attached hydrogens (tertiary/aromatic N) is 7. The number of hydrogen-bond acceptors (Lipinski definition) is 7. The summed E-state index contributed by atoms with van der Waals surface area (Å²) in [5.41, 5.74) is 3.01. The average Bonchev–Trinajstić information content (AvgIpc) is 3.42. The van der Waals surface area contributed by atoms with E-state index in [1.807, 2.05) is 22.9 Å². The second kappa shape index (κ2) is 8.78. The fourth-order valence-corrected chi connectivity index (χ4v) is 6.41. The van der Waals surface area contributed by atoms with Gasteiger partial charge >= 0.3 is 0 Å². The molecule has 0 aliphatic carbocycles. The third-order valence-corrected chi connectivity index (χ3v) is 8.22. The molecule has 8 nitrogen and oxygen atoms in total. The SMILES string of the molecule is CCN1CC2(C1)CN(Cc1ccc(Nc3ncc(F)c(-c4cc(F)c5nc6n(c5c4)C(C)CC6)n3)nc1)C2. The molecule has 6 heterocycles. The van der Waals surface area contributed by atoms with Crippen LogP contribution in [0.4, 0.5) is 20.5 Å². The first-order chi connectivity index (χ1) is 18.4. The normalized spacial score (nSPS) is 20.5. The molecule has 2 fully saturated rings. The van der Waals surface area contributed by atoms with Crippen LogP contribution < -0.4 is 5.32 Å². The number of fused-ring (bicyclic) bond motifs is 3. The van der Waals surface area contributed by atoms with Crippen LogP contribution in [0.1, 0.15) is 37.7 Å². The lowest BCUT2D eigenvalue weighted by Gasteiger charge is -2.60. The maximum Gasteiger partial charge on any atom is 0.229 e. The Labute approximate surface area is 219 Å². The van der Waals surface area contributed by atoms with Crippen molar-refractivity contribution in [1.82, 2.24) is 34.3 Å². The van der Waals surface area contributed by atoms with E-state index in [-0.39, 0.29) is 17.7 Å². The zero-order chi connectivity index (χ0) is 26.0. The summed E-state index contributed by atoms with van der Waals surface area (Å²) < 4.78 is 31.8. The number of aromatic nitrogens is 5. The third kappa shape index (κ3) is 3.94. The summed E-state index contributed by atoms with van der Waals surface area (Å²) in [5, 5.41) is 3.06. The summed E-state index contributed by atoms with van der Waals surface area (Å²) in [6.07, 6.45) is 4.72. The van der Waals surface area contributed by atoms with Gasteiger partial charge in [-0.3, -0.25) is 4.90 Å². The number of imidazole rings is 1. The van der Waals surface area contributed by atoms with E-state index in [2.05, 4.69) is 48.9 Å². The van der Waals surface area contributed by atoms with Gasteiger partial charge in [0.15, 0.2) is 11.6 Å². The van der Waals surface area contributed by atoms with Gasteiger partial charge in [0.1, 0.15) is 22.9 Å². The Balaban J connectivity index is 1.07. The number of halogens is 2. The lowest BCUT2D eigenvalue weighted by Crippen LogP contribution is -2.71. The van der Waals surface area contributed by atoms with Crippen molar-refractivity contribution in [2.75, 3.05) is 38.0 Å². The maximum atomic E-state index is 15.0. The second-order valence-corrected chi connectivity index (χ2v) is 11.1. The van der Waals surface area contributed by atoms with Crippen LogP contribution in [0.5, 0.6) is 0 Å². The minimum Gasteiger partial charge on any atom is -0.325 e. The molecule has 3 aliphatic rings. The molecule has 0 radical (unpaired) electrons. The highest BCUT2D eigenvalue weighted by Crippen LogP contribution is 2.40. The van der Waals surface area contributed by atoms with Gasteiger partial charge in [-0.2, -0.15) is 0 Å². The molecule has 0 bridgehead atoms. The number of pyridine rings is 1. The standard InChI is InChI=1S/C28H30F2N8/c1-3-36-13-28(14-36)15-37(16-28)12-18-5-6-23(31-10-18)33-27-32-11-21(30)25(35-27)19-8-20(29)26-22(9-19)38-17(2)4-7-24(38)34-26/h5-6,8-11,17H,3-4,7,12-16H2,1-2H3,(H,31,32,33,35). The van der Waals surface area contributed by atoms with Gasteiger partial charge in [0.2, 0.25) is 5.95 Å². The molecule has 3 aliphatic heterocycles. The molecule has 7 rings (SSSR count). The number of likely N-dealkylation sites (tertiary alicyclic amines) is 2. The van der Waals surface area contributed by atoms with Gasteiger partial charge in [-0.15, -0.1) is 0 Å². The van der Waals surface area contributed by atoms with Crippen LogP contribution in [-0.4, -0.2) is 67.0 Å². The molecular formula is C28H30F2N8. The second-order valence-electron chi connectivity index (χ2n) is 11.1. The molecular weight excluding hydrogens is 486 g/mol. The molecule has 38 heavy (non-hydrogen) atoms. The van der Waals surface area contributed by atoms with Crippen molar-refractivity contribution in [3.05, 3.63) is 59.7 Å². The van der Waals surface area contributed by atoms with Crippen LogP contribution in [0.15, 0.2) is 36.7 Å². The van der Waals surface area contributed by atoms with Gasteiger partial charge in [0, 0.05) is 62.4 Å². The van der Waals surface area contributed by atoms with Gasteiger partial charge in [-0.25, -0.2) is 28.7 Å². The zero-order valence-corrected chi connectivity index (χ0v) is 21.6. The Bertz CT molecular complexity index is 1520. The summed E-state index contributed by atoms with van der Waals surface area (Å²) in [5.74, 6) is 0.526. The van der Waals surface area contributed by atoms with Crippen LogP contribution in [0, 0.1) is 17.0 Å². The number of anilines is 2. The summed E-state index contributed by atoms with van der Waals surface area (Å²) in [7, 11) is 0. The van der Waals surface area contributed by atoms with E-state index in [1.165, 1.54) is 19.2 Å². The number of hydrogen-bond donors (Lipinski definition) is 1. The van der Waals surface area contributed by atoms with Gasteiger partial charge < -0.3 is 14.8 Å². The van der Waals surface area contributed by atoms with Crippen LogP contribution in [0.25, 0.3) is 22.3 Å². The summed E-state index contributed by atoms with van der Waals surface area (Å²) in [6.45, 7) is 11.0. The van der Waals surface area contributed by atoms with Gasteiger partial charge in [-0.05, 0) is 43.7 Å². The van der Waals surface area contributed by atoms with E-state index in [0.29, 0.717) is 27.8 Å². The van der Waals surface area contributed by atoms with Crippen molar-refractivity contribution in [2.45, 2.75) is 39.3 Å². The van der Waals surface area contributed by atoms with E-state index >= 15 is 0 Å². The van der Waals surface area contributed by atoms with Gasteiger partial charge in [0.25, 0.3) is 0 Å². The molecule has 4 aromatic rings. The van der Waals surface area contributed by atoms with Crippen molar-refractivity contribution in [2.24, 2.45) is 5.41 Å². The van der Waals surface area contributed by atoms with E-state index < -0.39 is 11.6 Å². The molecule has 0 amide bonds. The van der Waals surface area contributed by atoms with Gasteiger partial charge in [-0.1, -0.05) is 13.0 Å². The predicted molar refractivity (Wildman–Crippen MR) is 141 cm³/mol. The first kappa shape index (κ1) is 23.6. The molecule has 2 saturated heterocycles. The van der Waals surface area contributed by atoms with Crippen molar-refractivity contribution in [1.29, 1.82) is 0 Å². The highest BCUT2D eigenvalue weighted by molar-refractivity contribution is 5.83. The predicted octanol–water partition coefficient (Wildman–Crippen LogP) is 4.55. The maximum absolute atomic E-state index is 15.0. The Kier molecular flexibility index (Phi) is 5.45. The summed E-state index contributed by atoms with van der Waals surface area (Å²) in [6, 6.07) is 7.19. The zero-order valence-electron chi connectivity index (χ0n) is 21.6. The Morgan fingerprint density at radius 1 is 1.00 bits per heavy atom. The Morgan fingerprint density at radius 2 is 1.82 bits per heavy atom. The van der Waals surface area contributed by atoms with E-state index in [4.69, 9.17) is 0 Å². The lowest BCUT2D eigenvalue weighted by molar-refractivity contribution is -0.116. The smallest absolute Gasteiger partial charge is 0.229 e. The summed E-state index contributed by atoms with van der Waals surface area (Å²) in [4.78, 5) is 22.4. The van der Waals surface area contributed by atoms with E-state index in [9.17, 15) is 8.78 Å². The monoisotopic (exact) mass is 516 g/mol. The molecule has 196 valence electrons. The lowest BCUT2D eigenvalue weighted by atomic mass is 9.73. The van der Waals surface area contributed by atoms with Crippen LogP contribution >= 0.6 is 0 Å². The molecule has 0 saturated carbocycles. The van der Waals surface area contributed by atoms with Crippen LogP contribution in [0.3, 0.4) is 0 Å². The first-order valence-corrected chi connectivity index (χ1v) is 13.3. The average molecular weight is 517 g/mol. The highest BCUT2D eigenvalue weighted by Gasteiger charge is 2.50. The molecule has 1 atom stereocenters. The molecule has 1 aromatic carbocycles. The number of benzene rings is 1. The fourth-order valence-electron chi connectivity index (χ4n) is 6.41. The molecule has 1 unspecified atom stereocenters. The molecule has 3 aromatic heterocycles. The Morgan fingerprint density at radius 3 is 2.58 bits per heavy atom. The number of rotatable bonds is 6. The quantitative estimate of drug-likeness (QED) is 0.403. The molecule has 1 spiro atoms. The van der Waals surface area contributed by atoms with Crippen LogP contribution in [0.2, 0.25) is 0 Å². The first-order valence-electron chi connectivity index (χ1n) is 13.3. The minimum absolute atomic E-state index is 0.0328. The van der Waals surface area contributed by atoms with Crippen molar-refractivity contribution in [3.63, 3.8) is 0 Å². The fraction of sp³-hybridized carbons (Fsp3) is 0.429. The highest BCUT2D eigenvalue weighted by atomic mass is 19.1. The van der Waals surface area contributed by atoms with Crippen molar-refractivity contribution >= 4 is 22.8 Å². The number of aryl methyl sites for hydroxylation is 1. The van der Waals surface area contributed by atoms with Crippen LogP contribution in [-0.2, 0) is 13.0 Å². The van der Waals surface area contributed by atoms with E-state index in [0.717, 1.165) is 56.6 Å². The van der Waals surface area contributed by atoms with Gasteiger partial charge in [0.05, 0.1) is 11.7 Å². The molecule has 1 N–H and O–H groups in total. The minimum atomic E-state index is -0.618. The third-order valence-electron chi connectivity index (χ3n) is 8.22. The summed E-state index contributed by atoms with van der Waals surface area (Å²) >= 11 is 0. The van der Waals surface area contributed by atoms with Crippen molar-refractivity contribution < 1.29 is 8.78 Å². The topological polar surface area (TPSA) is 75.0 Å². The Hall–Kier alpha value is -3.50. The molecule has 10 heteroatoms.